The summed E-state index contributed by atoms with van der Waals surface area (Å²) in [7, 11) is 0. The predicted octanol–water partition coefficient (Wildman–Crippen LogP) is 4.57. The van der Waals surface area contributed by atoms with Crippen LogP contribution in [-0.4, -0.2) is 25.7 Å². The summed E-state index contributed by atoms with van der Waals surface area (Å²) in [5.41, 5.74) is 2.92. The van der Waals surface area contributed by atoms with Crippen LogP contribution >= 0.6 is 0 Å². The second-order valence-corrected chi connectivity index (χ2v) is 6.68. The van der Waals surface area contributed by atoms with Gasteiger partial charge in [0.25, 0.3) is 0 Å². The highest BCUT2D eigenvalue weighted by atomic mass is 19.1. The zero-order chi connectivity index (χ0) is 18.2. The highest BCUT2D eigenvalue weighted by Crippen LogP contribution is 2.27. The molecule has 2 aromatic carbocycles. The van der Waals surface area contributed by atoms with E-state index >= 15 is 0 Å². The Labute approximate surface area is 154 Å². The molecule has 1 aliphatic heterocycles. The molecular weight excluding hydrogens is 329 g/mol. The lowest BCUT2D eigenvalue weighted by Gasteiger charge is -2.25. The van der Waals surface area contributed by atoms with E-state index in [0.717, 1.165) is 30.0 Å². The molecule has 1 heterocycles. The second-order valence-electron chi connectivity index (χ2n) is 6.68. The third kappa shape index (κ3) is 5.22. The van der Waals surface area contributed by atoms with Crippen molar-refractivity contribution in [2.24, 2.45) is 0 Å². The van der Waals surface area contributed by atoms with Crippen molar-refractivity contribution in [1.82, 2.24) is 5.32 Å². The molecule has 26 heavy (non-hydrogen) atoms. The van der Waals surface area contributed by atoms with Crippen molar-refractivity contribution in [1.29, 1.82) is 0 Å². The number of nitrogens with one attached hydrogen (secondary N) is 2. The van der Waals surface area contributed by atoms with E-state index in [1.807, 2.05) is 18.2 Å². The number of benzene rings is 2. The van der Waals surface area contributed by atoms with Crippen LogP contribution in [0.25, 0.3) is 0 Å². The van der Waals surface area contributed by atoms with E-state index in [1.54, 1.807) is 12.1 Å². The smallest absolute Gasteiger partial charge is 0.319 e. The van der Waals surface area contributed by atoms with Gasteiger partial charge in [0, 0.05) is 19.6 Å². The Morgan fingerprint density at radius 3 is 2.38 bits per heavy atom. The molecule has 0 atom stereocenters. The number of para-hydroxylation sites is 2. The largest absolute Gasteiger partial charge is 0.370 e. The molecule has 0 bridgehead atoms. The fourth-order valence-corrected chi connectivity index (χ4v) is 3.30. The highest BCUT2D eigenvalue weighted by Gasteiger charge is 2.14. The first-order valence-electron chi connectivity index (χ1n) is 9.35. The van der Waals surface area contributed by atoms with E-state index in [1.165, 1.54) is 37.8 Å². The van der Waals surface area contributed by atoms with Crippen molar-refractivity contribution in [3.05, 3.63) is 59.9 Å². The number of anilines is 2. The Morgan fingerprint density at radius 1 is 0.962 bits per heavy atom. The molecule has 0 aliphatic carbocycles. The van der Waals surface area contributed by atoms with Crippen LogP contribution in [0, 0.1) is 5.82 Å². The maximum absolute atomic E-state index is 12.9. The minimum atomic E-state index is -0.246. The molecule has 2 N–H and O–H groups in total. The van der Waals surface area contributed by atoms with Crippen LogP contribution in [0.15, 0.2) is 48.5 Å². The molecule has 4 nitrogen and oxygen atoms in total. The molecule has 0 aromatic heterocycles. The quantitative estimate of drug-likeness (QED) is 0.825. The minimum absolute atomic E-state index is 0.214. The van der Waals surface area contributed by atoms with Crippen molar-refractivity contribution in [3.8, 4) is 0 Å². The average molecular weight is 355 g/mol. The monoisotopic (exact) mass is 355 g/mol. The van der Waals surface area contributed by atoms with E-state index in [-0.39, 0.29) is 11.8 Å². The topological polar surface area (TPSA) is 44.4 Å². The molecule has 1 aliphatic rings. The van der Waals surface area contributed by atoms with Crippen LogP contribution in [0.1, 0.15) is 31.2 Å². The maximum atomic E-state index is 12.9. The van der Waals surface area contributed by atoms with Gasteiger partial charge in [-0.25, -0.2) is 9.18 Å². The van der Waals surface area contributed by atoms with E-state index in [0.29, 0.717) is 13.0 Å². The lowest BCUT2D eigenvalue weighted by molar-refractivity contribution is 0.252. The van der Waals surface area contributed by atoms with Gasteiger partial charge in [0.1, 0.15) is 5.82 Å². The Balaban J connectivity index is 1.54. The number of urea groups is 1. The van der Waals surface area contributed by atoms with Gasteiger partial charge >= 0.3 is 6.03 Å². The van der Waals surface area contributed by atoms with Gasteiger partial charge in [-0.3, -0.25) is 0 Å². The van der Waals surface area contributed by atoms with Crippen molar-refractivity contribution in [2.45, 2.75) is 32.1 Å². The normalized spacial score (nSPS) is 14.6. The molecule has 1 saturated heterocycles. The van der Waals surface area contributed by atoms with E-state index < -0.39 is 0 Å². The molecule has 1 fully saturated rings. The van der Waals surface area contributed by atoms with Gasteiger partial charge in [-0.15, -0.1) is 0 Å². The van der Waals surface area contributed by atoms with Gasteiger partial charge in [-0.05, 0) is 49.1 Å². The molecule has 2 aromatic rings. The summed E-state index contributed by atoms with van der Waals surface area (Å²) in [6.45, 7) is 2.57. The molecule has 5 heteroatoms. The minimum Gasteiger partial charge on any atom is -0.370 e. The third-order valence-electron chi connectivity index (χ3n) is 4.71. The lowest BCUT2D eigenvalue weighted by atomic mass is 10.1. The second kappa shape index (κ2) is 9.22. The van der Waals surface area contributed by atoms with Gasteiger partial charge in [0.15, 0.2) is 0 Å². The number of halogens is 1. The average Bonchev–Trinajstić information content (AvgIpc) is 2.93. The molecular formula is C21H26FN3O. The van der Waals surface area contributed by atoms with Crippen molar-refractivity contribution in [2.75, 3.05) is 29.9 Å². The van der Waals surface area contributed by atoms with Crippen LogP contribution in [0.3, 0.4) is 0 Å². The SMILES string of the molecule is O=C(NCCc1ccc(F)cc1)Nc1ccccc1N1CCCCCC1. The number of nitrogens with zero attached hydrogens (tertiary/aromatic N) is 1. The summed E-state index contributed by atoms with van der Waals surface area (Å²) in [6, 6.07) is 14.1. The van der Waals surface area contributed by atoms with Crippen molar-refractivity contribution in [3.63, 3.8) is 0 Å². The lowest BCUT2D eigenvalue weighted by Crippen LogP contribution is -2.32. The molecule has 0 saturated carbocycles. The van der Waals surface area contributed by atoms with Crippen LogP contribution in [-0.2, 0) is 6.42 Å². The van der Waals surface area contributed by atoms with Gasteiger partial charge in [0.2, 0.25) is 0 Å². The van der Waals surface area contributed by atoms with E-state index in [9.17, 15) is 9.18 Å². The summed E-state index contributed by atoms with van der Waals surface area (Å²) in [6.07, 6.45) is 5.60. The van der Waals surface area contributed by atoms with Crippen molar-refractivity contribution >= 4 is 17.4 Å². The summed E-state index contributed by atoms with van der Waals surface area (Å²) in [4.78, 5) is 14.6. The zero-order valence-corrected chi connectivity index (χ0v) is 15.0. The molecule has 0 spiro atoms. The molecule has 0 radical (unpaired) electrons. The number of hydrogen-bond acceptors (Lipinski definition) is 2. The first-order chi connectivity index (χ1) is 12.7. The predicted molar refractivity (Wildman–Crippen MR) is 104 cm³/mol. The molecule has 0 unspecified atom stereocenters. The summed E-state index contributed by atoms with van der Waals surface area (Å²) in [5.74, 6) is -0.246. The van der Waals surface area contributed by atoms with Crippen LogP contribution in [0.2, 0.25) is 0 Å². The third-order valence-corrected chi connectivity index (χ3v) is 4.71. The van der Waals surface area contributed by atoms with Gasteiger partial charge in [-0.2, -0.15) is 0 Å². The van der Waals surface area contributed by atoms with Crippen LogP contribution in [0.5, 0.6) is 0 Å². The Kier molecular flexibility index (Phi) is 6.47. The summed E-state index contributed by atoms with van der Waals surface area (Å²) < 4.78 is 12.9. The number of amides is 2. The van der Waals surface area contributed by atoms with Gasteiger partial charge < -0.3 is 15.5 Å². The number of carbonyl (C=O) groups excluding carboxylic acids is 1. The van der Waals surface area contributed by atoms with E-state index in [2.05, 4.69) is 21.6 Å². The maximum Gasteiger partial charge on any atom is 0.319 e. The fourth-order valence-electron chi connectivity index (χ4n) is 3.30. The zero-order valence-electron chi connectivity index (χ0n) is 15.0. The summed E-state index contributed by atoms with van der Waals surface area (Å²) in [5, 5.41) is 5.85. The van der Waals surface area contributed by atoms with Gasteiger partial charge in [0.05, 0.1) is 11.4 Å². The van der Waals surface area contributed by atoms with Crippen LogP contribution < -0.4 is 15.5 Å². The number of hydrogen-bond donors (Lipinski definition) is 2. The summed E-state index contributed by atoms with van der Waals surface area (Å²) >= 11 is 0. The first-order valence-corrected chi connectivity index (χ1v) is 9.35. The van der Waals surface area contributed by atoms with Crippen LogP contribution in [0.4, 0.5) is 20.6 Å². The van der Waals surface area contributed by atoms with Crippen molar-refractivity contribution < 1.29 is 9.18 Å². The molecule has 3 rings (SSSR count). The molecule has 138 valence electrons. The van der Waals surface area contributed by atoms with Gasteiger partial charge in [-0.1, -0.05) is 37.1 Å². The number of rotatable bonds is 5. The standard InChI is InChI=1S/C21H26FN3O/c22-18-11-9-17(10-12-18)13-14-23-21(26)24-19-7-3-4-8-20(19)25-15-5-1-2-6-16-25/h3-4,7-12H,1-2,5-6,13-16H2,(H2,23,24,26). The first kappa shape index (κ1) is 18.2. The Morgan fingerprint density at radius 2 is 1.65 bits per heavy atom. The highest BCUT2D eigenvalue weighted by molar-refractivity contribution is 5.93. The fraction of sp³-hybridized carbons (Fsp3) is 0.381. The Bertz CT molecular complexity index is 709. The van der Waals surface area contributed by atoms with E-state index in [4.69, 9.17) is 0 Å². The number of carbonyl (C=O) groups is 1. The molecule has 2 amide bonds. The Hall–Kier alpha value is -2.56.